The van der Waals surface area contributed by atoms with Gasteiger partial charge in [0.15, 0.2) is 0 Å². The second-order valence-corrected chi connectivity index (χ2v) is 14.3. The summed E-state index contributed by atoms with van der Waals surface area (Å²) < 4.78 is 0. The molecular weight excluding hydrogens is 494 g/mol. The van der Waals surface area contributed by atoms with Crippen molar-refractivity contribution in [1.82, 2.24) is 0 Å². The average molecular weight is 542 g/mol. The first-order chi connectivity index (χ1) is 20.1. The molecule has 0 saturated heterocycles. The summed E-state index contributed by atoms with van der Waals surface area (Å²) in [6.07, 6.45) is 28.9. The Morgan fingerprint density at radius 3 is 2.68 bits per heavy atom. The van der Waals surface area contributed by atoms with Crippen molar-refractivity contribution < 1.29 is 0 Å². The van der Waals surface area contributed by atoms with E-state index in [-0.39, 0.29) is 10.8 Å². The van der Waals surface area contributed by atoms with Gasteiger partial charge in [0, 0.05) is 16.5 Å². The van der Waals surface area contributed by atoms with Crippen LogP contribution in [-0.4, -0.2) is 0 Å². The van der Waals surface area contributed by atoms with Crippen molar-refractivity contribution in [2.24, 2.45) is 23.5 Å². The second kappa shape index (κ2) is 9.62. The van der Waals surface area contributed by atoms with Gasteiger partial charge < -0.3 is 5.73 Å². The molecule has 7 atom stereocenters. The summed E-state index contributed by atoms with van der Waals surface area (Å²) in [4.78, 5) is 0. The fourth-order valence-electron chi connectivity index (χ4n) is 10.9. The molecule has 2 aromatic rings. The van der Waals surface area contributed by atoms with Crippen LogP contribution < -0.4 is 5.73 Å². The third-order valence-corrected chi connectivity index (χ3v) is 12.6. The van der Waals surface area contributed by atoms with Crippen molar-refractivity contribution in [3.63, 3.8) is 0 Å². The Morgan fingerprint density at radius 2 is 1.88 bits per heavy atom. The van der Waals surface area contributed by atoms with E-state index in [0.29, 0.717) is 29.6 Å². The number of nitrogens with two attached hydrogens (primary N) is 1. The average Bonchev–Trinajstić information content (AvgIpc) is 3.71. The van der Waals surface area contributed by atoms with Crippen LogP contribution in [0.1, 0.15) is 123 Å². The summed E-state index contributed by atoms with van der Waals surface area (Å²) in [5.41, 5.74) is 19.6. The fraction of sp³-hybridized carbons (Fsp3) is 0.500. The zero-order valence-electron chi connectivity index (χ0n) is 25.2. The van der Waals surface area contributed by atoms with E-state index in [1.165, 1.54) is 57.8 Å². The van der Waals surface area contributed by atoms with Crippen LogP contribution in [-0.2, 0) is 17.3 Å². The fourth-order valence-corrected chi connectivity index (χ4v) is 10.9. The lowest BCUT2D eigenvalue weighted by Crippen LogP contribution is -2.49. The maximum atomic E-state index is 6.47. The molecule has 0 amide bonds. The first kappa shape index (κ1) is 25.9. The molecule has 0 saturated carbocycles. The molecule has 0 aliphatic heterocycles. The predicted octanol–water partition coefficient (Wildman–Crippen LogP) is 9.67. The van der Waals surface area contributed by atoms with Gasteiger partial charge in [-0.05, 0) is 141 Å². The van der Waals surface area contributed by atoms with Gasteiger partial charge in [0.25, 0.3) is 0 Å². The van der Waals surface area contributed by atoms with Gasteiger partial charge in [-0.15, -0.1) is 0 Å². The highest BCUT2D eigenvalue weighted by Crippen LogP contribution is 2.69. The monoisotopic (exact) mass is 541 g/mol. The number of allylic oxidation sites excluding steroid dienone is 8. The largest absolute Gasteiger partial charge is 0.402 e. The Kier molecular flexibility index (Phi) is 6.07. The Bertz CT molecular complexity index is 1500. The lowest BCUT2D eigenvalue weighted by molar-refractivity contribution is 0.120. The van der Waals surface area contributed by atoms with Crippen molar-refractivity contribution in [3.8, 4) is 0 Å². The molecule has 0 radical (unpaired) electrons. The molecule has 2 N–H and O–H groups in total. The Hall–Kier alpha value is -2.80. The highest BCUT2D eigenvalue weighted by atomic mass is 14.7. The quantitative estimate of drug-likeness (QED) is 0.320. The van der Waals surface area contributed by atoms with Gasteiger partial charge in [-0.2, -0.15) is 0 Å². The maximum absolute atomic E-state index is 6.47. The molecular formula is C40H47N. The van der Waals surface area contributed by atoms with E-state index in [1.807, 2.05) is 0 Å². The molecule has 7 unspecified atom stereocenters. The molecule has 1 nitrogen and oxygen atoms in total. The normalized spacial score (nSPS) is 36.8. The van der Waals surface area contributed by atoms with Gasteiger partial charge in [-0.1, -0.05) is 85.4 Å². The van der Waals surface area contributed by atoms with Crippen LogP contribution in [0.15, 0.2) is 84.1 Å². The topological polar surface area (TPSA) is 26.0 Å². The van der Waals surface area contributed by atoms with Gasteiger partial charge >= 0.3 is 0 Å². The molecule has 212 valence electrons. The van der Waals surface area contributed by atoms with Gasteiger partial charge in [-0.3, -0.25) is 0 Å². The highest BCUT2D eigenvalue weighted by molar-refractivity contribution is 5.65. The van der Waals surface area contributed by atoms with Crippen molar-refractivity contribution in [1.29, 1.82) is 0 Å². The van der Waals surface area contributed by atoms with Crippen LogP contribution in [0.3, 0.4) is 0 Å². The first-order valence-electron chi connectivity index (χ1n) is 16.8. The number of hydrogen-bond acceptors (Lipinski definition) is 1. The summed E-state index contributed by atoms with van der Waals surface area (Å²) in [5.74, 6) is 2.89. The standard InChI is InChI=1S/C40H47N/c1-3-11-35-26(2)31-23-18-27-24-34(27)38(31)40(35,28-12-5-4-6-13-28)25-39(29-19-21-30(41)22-20-29)36-16-9-7-14-32(36)33-15-8-10-17-37(33)39/h3,7,9-12,14,16-18,21,23,26,29,33,35,37H,4-6,8,13,15,19-20,22,24-25,41H2,1-2H3/b11-3-. The zero-order valence-corrected chi connectivity index (χ0v) is 25.2. The van der Waals surface area contributed by atoms with E-state index in [1.54, 1.807) is 39.0 Å². The lowest BCUT2D eigenvalue weighted by atomic mass is 9.50. The summed E-state index contributed by atoms with van der Waals surface area (Å²) >= 11 is 0. The molecule has 0 aromatic heterocycles. The van der Waals surface area contributed by atoms with Gasteiger partial charge in [0.05, 0.1) is 0 Å². The van der Waals surface area contributed by atoms with Crippen LogP contribution in [0.5, 0.6) is 0 Å². The summed E-state index contributed by atoms with van der Waals surface area (Å²) in [6.45, 7) is 4.81. The predicted molar refractivity (Wildman–Crippen MR) is 171 cm³/mol. The van der Waals surface area contributed by atoms with E-state index < -0.39 is 0 Å². The third kappa shape index (κ3) is 3.60. The van der Waals surface area contributed by atoms with Crippen LogP contribution in [0.4, 0.5) is 0 Å². The molecule has 6 aliphatic rings. The minimum atomic E-state index is 0.0729. The van der Waals surface area contributed by atoms with Gasteiger partial charge in [-0.25, -0.2) is 0 Å². The van der Waals surface area contributed by atoms with Crippen molar-refractivity contribution >= 4 is 0 Å². The minimum Gasteiger partial charge on any atom is -0.402 e. The molecule has 0 fully saturated rings. The number of benzene rings is 2. The SMILES string of the molecule is C/C=C\C1C(C)c2ccc3c(c2C1(CC1(C2CC=C(N)CC2)c2ccccc2C2CCC=CC21)C1=CCCCC1)C3. The Morgan fingerprint density at radius 1 is 0.976 bits per heavy atom. The van der Waals surface area contributed by atoms with Gasteiger partial charge in [0.1, 0.15) is 0 Å². The lowest BCUT2D eigenvalue weighted by Gasteiger charge is -2.53. The van der Waals surface area contributed by atoms with Crippen molar-refractivity contribution in [2.45, 2.75) is 107 Å². The molecule has 0 spiro atoms. The Labute approximate surface area is 247 Å². The summed E-state index contributed by atoms with van der Waals surface area (Å²) in [5, 5.41) is 0. The summed E-state index contributed by atoms with van der Waals surface area (Å²) in [7, 11) is 0. The number of hydrogen-bond donors (Lipinski definition) is 1. The summed E-state index contributed by atoms with van der Waals surface area (Å²) in [6, 6.07) is 14.7. The highest BCUT2D eigenvalue weighted by Gasteiger charge is 2.63. The van der Waals surface area contributed by atoms with E-state index in [9.17, 15) is 0 Å². The minimum absolute atomic E-state index is 0.0729. The van der Waals surface area contributed by atoms with Crippen LogP contribution in [0, 0.1) is 17.8 Å². The van der Waals surface area contributed by atoms with Crippen LogP contribution >= 0.6 is 0 Å². The number of fused-ring (bicyclic) bond motifs is 6. The molecule has 41 heavy (non-hydrogen) atoms. The molecule has 0 heterocycles. The first-order valence-corrected chi connectivity index (χ1v) is 16.8. The zero-order chi connectivity index (χ0) is 27.8. The van der Waals surface area contributed by atoms with E-state index in [4.69, 9.17) is 5.73 Å². The second-order valence-electron chi connectivity index (χ2n) is 14.3. The third-order valence-electron chi connectivity index (χ3n) is 12.6. The van der Waals surface area contributed by atoms with Crippen LogP contribution in [0.2, 0.25) is 0 Å². The molecule has 2 aromatic carbocycles. The molecule has 6 aliphatic carbocycles. The van der Waals surface area contributed by atoms with Gasteiger partial charge in [0.2, 0.25) is 0 Å². The smallest absolute Gasteiger partial charge is 0.0244 e. The Balaban J connectivity index is 1.42. The van der Waals surface area contributed by atoms with E-state index in [0.717, 1.165) is 18.5 Å². The van der Waals surface area contributed by atoms with Crippen molar-refractivity contribution in [2.75, 3.05) is 0 Å². The molecule has 1 heteroatoms. The molecule has 0 bridgehead atoms. The van der Waals surface area contributed by atoms with Crippen LogP contribution in [0.25, 0.3) is 0 Å². The number of rotatable bonds is 5. The van der Waals surface area contributed by atoms with Crippen molar-refractivity contribution in [3.05, 3.63) is 118 Å². The van der Waals surface area contributed by atoms with E-state index >= 15 is 0 Å². The molecule has 8 rings (SSSR count). The van der Waals surface area contributed by atoms with E-state index in [2.05, 4.69) is 86.7 Å². The maximum Gasteiger partial charge on any atom is 0.0244 e.